The maximum Gasteiger partial charge on any atom is 0.252 e. The van der Waals surface area contributed by atoms with Crippen LogP contribution in [0.1, 0.15) is 21.5 Å². The summed E-state index contributed by atoms with van der Waals surface area (Å²) in [6, 6.07) is 9.92. The molecule has 0 unspecified atom stereocenters. The van der Waals surface area contributed by atoms with Crippen molar-refractivity contribution in [1.29, 1.82) is 0 Å². The molecule has 3 N–H and O–H groups in total. The summed E-state index contributed by atoms with van der Waals surface area (Å²) in [5, 5.41) is 7.89. The first-order valence-electron chi connectivity index (χ1n) is 7.46. The first-order valence-corrected chi connectivity index (χ1v) is 9.80. The van der Waals surface area contributed by atoms with Crippen molar-refractivity contribution < 1.29 is 17.9 Å². The standard InChI is InChI=1S/C17H19BrN2O4S/c1-11-3-6-16(24-2)12(9-11)7-8-20-17(21)14-10-13(25(19,22)23)4-5-15(14)18/h3-6,9-10H,7-8H2,1-2H3,(H,20,21)(H2,19,22,23). The van der Waals surface area contributed by atoms with Crippen LogP contribution in [0.15, 0.2) is 45.8 Å². The fourth-order valence-electron chi connectivity index (χ4n) is 2.36. The minimum absolute atomic E-state index is 0.110. The summed E-state index contributed by atoms with van der Waals surface area (Å²) in [6.07, 6.45) is 0.586. The molecule has 134 valence electrons. The number of carbonyl (C=O) groups is 1. The van der Waals surface area contributed by atoms with Crippen LogP contribution < -0.4 is 15.2 Å². The first-order chi connectivity index (χ1) is 11.7. The molecule has 2 aromatic rings. The van der Waals surface area contributed by atoms with Crippen molar-refractivity contribution in [3.05, 3.63) is 57.6 Å². The molecule has 0 aliphatic rings. The number of sulfonamides is 1. The number of methoxy groups -OCH3 is 1. The van der Waals surface area contributed by atoms with E-state index in [1.807, 2.05) is 25.1 Å². The summed E-state index contributed by atoms with van der Waals surface area (Å²) in [6.45, 7) is 2.36. The number of nitrogens with one attached hydrogen (secondary N) is 1. The van der Waals surface area contributed by atoms with Crippen LogP contribution in [0.4, 0.5) is 0 Å². The van der Waals surface area contributed by atoms with Crippen LogP contribution in [-0.2, 0) is 16.4 Å². The molecule has 0 saturated carbocycles. The van der Waals surface area contributed by atoms with Gasteiger partial charge < -0.3 is 10.1 Å². The third kappa shape index (κ3) is 5.04. The number of hydrogen-bond donors (Lipinski definition) is 2. The number of nitrogens with two attached hydrogens (primary N) is 1. The van der Waals surface area contributed by atoms with Gasteiger partial charge in [-0.1, -0.05) is 17.7 Å². The largest absolute Gasteiger partial charge is 0.496 e. The third-order valence-corrected chi connectivity index (χ3v) is 5.23. The lowest BCUT2D eigenvalue weighted by molar-refractivity contribution is 0.0953. The molecule has 2 aromatic carbocycles. The summed E-state index contributed by atoms with van der Waals surface area (Å²) < 4.78 is 28.7. The molecule has 0 spiro atoms. The molecule has 8 heteroatoms. The van der Waals surface area contributed by atoms with Gasteiger partial charge in [0, 0.05) is 11.0 Å². The van der Waals surface area contributed by atoms with E-state index < -0.39 is 10.0 Å². The Morgan fingerprint density at radius 2 is 1.96 bits per heavy atom. The predicted octanol–water partition coefficient (Wildman–Crippen LogP) is 2.39. The molecule has 0 fully saturated rings. The molecular formula is C17H19BrN2O4S. The lowest BCUT2D eigenvalue weighted by Crippen LogP contribution is -2.26. The SMILES string of the molecule is COc1ccc(C)cc1CCNC(=O)c1cc(S(N)(=O)=O)ccc1Br. The van der Waals surface area contributed by atoms with Gasteiger partial charge in [0.1, 0.15) is 5.75 Å². The van der Waals surface area contributed by atoms with Crippen LogP contribution in [0.25, 0.3) is 0 Å². The number of hydrogen-bond acceptors (Lipinski definition) is 4. The summed E-state index contributed by atoms with van der Waals surface area (Å²) in [5.74, 6) is 0.376. The Morgan fingerprint density at radius 3 is 2.60 bits per heavy atom. The highest BCUT2D eigenvalue weighted by atomic mass is 79.9. The van der Waals surface area contributed by atoms with Crippen LogP contribution in [-0.4, -0.2) is 28.0 Å². The van der Waals surface area contributed by atoms with E-state index in [-0.39, 0.29) is 16.4 Å². The van der Waals surface area contributed by atoms with Gasteiger partial charge in [-0.2, -0.15) is 0 Å². The minimum atomic E-state index is -3.87. The molecule has 2 rings (SSSR count). The van der Waals surface area contributed by atoms with Crippen molar-refractivity contribution in [2.24, 2.45) is 5.14 Å². The highest BCUT2D eigenvalue weighted by molar-refractivity contribution is 9.10. The van der Waals surface area contributed by atoms with Gasteiger partial charge in [0.2, 0.25) is 10.0 Å². The van der Waals surface area contributed by atoms with Crippen molar-refractivity contribution in [3.8, 4) is 5.75 Å². The Labute approximate surface area is 155 Å². The Balaban J connectivity index is 2.10. The van der Waals surface area contributed by atoms with Crippen LogP contribution in [0.3, 0.4) is 0 Å². The molecule has 0 bridgehead atoms. The summed E-state index contributed by atoms with van der Waals surface area (Å²) in [5.41, 5.74) is 2.30. The van der Waals surface area contributed by atoms with E-state index in [1.54, 1.807) is 7.11 Å². The molecule has 25 heavy (non-hydrogen) atoms. The van der Waals surface area contributed by atoms with E-state index in [1.165, 1.54) is 18.2 Å². The molecule has 0 radical (unpaired) electrons. The molecular weight excluding hydrogens is 408 g/mol. The van der Waals surface area contributed by atoms with E-state index in [2.05, 4.69) is 21.2 Å². The number of rotatable bonds is 6. The Bertz CT molecular complexity index is 898. The summed E-state index contributed by atoms with van der Waals surface area (Å²) in [7, 11) is -2.27. The molecule has 0 aliphatic carbocycles. The predicted molar refractivity (Wildman–Crippen MR) is 99.3 cm³/mol. The molecule has 0 aliphatic heterocycles. The molecule has 0 atom stereocenters. The highest BCUT2D eigenvalue weighted by Crippen LogP contribution is 2.21. The number of ether oxygens (including phenoxy) is 1. The Morgan fingerprint density at radius 1 is 1.24 bits per heavy atom. The Hall–Kier alpha value is -1.90. The van der Waals surface area contributed by atoms with E-state index in [4.69, 9.17) is 9.88 Å². The first kappa shape index (κ1) is 19.4. The van der Waals surface area contributed by atoms with E-state index >= 15 is 0 Å². The highest BCUT2D eigenvalue weighted by Gasteiger charge is 2.15. The van der Waals surface area contributed by atoms with Crippen LogP contribution >= 0.6 is 15.9 Å². The molecule has 6 nitrogen and oxygen atoms in total. The van der Waals surface area contributed by atoms with Crippen molar-refractivity contribution in [1.82, 2.24) is 5.32 Å². The van der Waals surface area contributed by atoms with E-state index in [0.717, 1.165) is 16.9 Å². The fraction of sp³-hybridized carbons (Fsp3) is 0.235. The Kier molecular flexibility index (Phi) is 6.21. The average Bonchev–Trinajstić information content (AvgIpc) is 2.54. The average molecular weight is 427 g/mol. The van der Waals surface area contributed by atoms with Crippen LogP contribution in [0.2, 0.25) is 0 Å². The van der Waals surface area contributed by atoms with Gasteiger partial charge in [-0.25, -0.2) is 13.6 Å². The van der Waals surface area contributed by atoms with Crippen molar-refractivity contribution in [2.45, 2.75) is 18.2 Å². The molecule has 0 aromatic heterocycles. The van der Waals surface area contributed by atoms with E-state index in [9.17, 15) is 13.2 Å². The van der Waals surface area contributed by atoms with Crippen molar-refractivity contribution in [2.75, 3.05) is 13.7 Å². The lowest BCUT2D eigenvalue weighted by atomic mass is 10.1. The zero-order chi connectivity index (χ0) is 18.6. The zero-order valence-electron chi connectivity index (χ0n) is 13.9. The number of halogens is 1. The second kappa shape index (κ2) is 7.99. The van der Waals surface area contributed by atoms with Gasteiger partial charge in [-0.3, -0.25) is 4.79 Å². The zero-order valence-corrected chi connectivity index (χ0v) is 16.3. The summed E-state index contributed by atoms with van der Waals surface area (Å²) in [4.78, 5) is 12.2. The van der Waals surface area contributed by atoms with Crippen molar-refractivity contribution >= 4 is 31.9 Å². The van der Waals surface area contributed by atoms with Crippen LogP contribution in [0, 0.1) is 6.92 Å². The maximum absolute atomic E-state index is 12.3. The quantitative estimate of drug-likeness (QED) is 0.740. The molecule has 0 saturated heterocycles. The van der Waals surface area contributed by atoms with Crippen molar-refractivity contribution in [3.63, 3.8) is 0 Å². The molecule has 1 amide bonds. The maximum atomic E-state index is 12.3. The topological polar surface area (TPSA) is 98.5 Å². The van der Waals surface area contributed by atoms with Gasteiger partial charge in [-0.15, -0.1) is 0 Å². The van der Waals surface area contributed by atoms with Gasteiger partial charge in [0.25, 0.3) is 5.91 Å². The van der Waals surface area contributed by atoms with Gasteiger partial charge in [0.15, 0.2) is 0 Å². The minimum Gasteiger partial charge on any atom is -0.496 e. The normalized spacial score (nSPS) is 11.2. The fourth-order valence-corrected chi connectivity index (χ4v) is 3.33. The van der Waals surface area contributed by atoms with E-state index in [0.29, 0.717) is 17.4 Å². The second-order valence-corrected chi connectivity index (χ2v) is 7.92. The number of benzene rings is 2. The van der Waals surface area contributed by atoms with Gasteiger partial charge >= 0.3 is 0 Å². The lowest BCUT2D eigenvalue weighted by Gasteiger charge is -2.11. The second-order valence-electron chi connectivity index (χ2n) is 5.51. The number of carbonyl (C=O) groups excluding carboxylic acids is 1. The van der Waals surface area contributed by atoms with Crippen LogP contribution in [0.5, 0.6) is 5.75 Å². The summed E-state index contributed by atoms with van der Waals surface area (Å²) >= 11 is 3.25. The third-order valence-electron chi connectivity index (χ3n) is 3.63. The van der Waals surface area contributed by atoms with Gasteiger partial charge in [-0.05, 0) is 59.1 Å². The number of amides is 1. The van der Waals surface area contributed by atoms with Gasteiger partial charge in [0.05, 0.1) is 17.6 Å². The molecule has 0 heterocycles. The number of primary sulfonamides is 1. The number of aryl methyl sites for hydroxylation is 1. The monoisotopic (exact) mass is 426 g/mol. The smallest absolute Gasteiger partial charge is 0.252 e.